The molecule has 1 saturated heterocycles. The molecule has 0 unspecified atom stereocenters. The first-order valence-electron chi connectivity index (χ1n) is 10.2. The minimum absolute atomic E-state index is 0.0144. The molecule has 0 saturated carbocycles. The fourth-order valence-electron chi connectivity index (χ4n) is 3.88. The minimum Gasteiger partial charge on any atom is -0.484 e. The van der Waals surface area contributed by atoms with Gasteiger partial charge in [-0.2, -0.15) is 0 Å². The van der Waals surface area contributed by atoms with Crippen LogP contribution in [0.2, 0.25) is 5.02 Å². The molecule has 4 nitrogen and oxygen atoms in total. The molecule has 0 bridgehead atoms. The van der Waals surface area contributed by atoms with Gasteiger partial charge < -0.3 is 9.64 Å². The van der Waals surface area contributed by atoms with Gasteiger partial charge >= 0.3 is 0 Å². The fraction of sp³-hybridized carbons (Fsp3) is 0.240. The van der Waals surface area contributed by atoms with E-state index in [2.05, 4.69) is 53.4 Å². The molecule has 1 aliphatic heterocycles. The van der Waals surface area contributed by atoms with Crippen LogP contribution in [-0.4, -0.2) is 48.5 Å². The third kappa shape index (κ3) is 5.02. The Morgan fingerprint density at radius 2 is 1.33 bits per heavy atom. The number of hydrogen-bond acceptors (Lipinski definition) is 3. The largest absolute Gasteiger partial charge is 0.484 e. The summed E-state index contributed by atoms with van der Waals surface area (Å²) < 4.78 is 5.63. The van der Waals surface area contributed by atoms with Crippen LogP contribution in [-0.2, 0) is 4.79 Å². The molecule has 0 atom stereocenters. The van der Waals surface area contributed by atoms with Gasteiger partial charge in [-0.15, -0.1) is 0 Å². The Kier molecular flexibility index (Phi) is 6.67. The number of nitrogens with zero attached hydrogens (tertiary/aromatic N) is 2. The van der Waals surface area contributed by atoms with E-state index in [0.29, 0.717) is 23.9 Å². The lowest BCUT2D eigenvalue weighted by Crippen LogP contribution is -2.51. The minimum atomic E-state index is 0.0144. The predicted octanol–water partition coefficient (Wildman–Crippen LogP) is 4.65. The average molecular weight is 421 g/mol. The van der Waals surface area contributed by atoms with Crippen LogP contribution in [0, 0.1) is 0 Å². The summed E-state index contributed by atoms with van der Waals surface area (Å²) in [6.45, 7) is 3.07. The summed E-state index contributed by atoms with van der Waals surface area (Å²) in [5, 5.41) is 0.649. The van der Waals surface area contributed by atoms with Crippen molar-refractivity contribution in [3.8, 4) is 5.75 Å². The first-order chi connectivity index (χ1) is 14.7. The lowest BCUT2D eigenvalue weighted by atomic mass is 9.96. The van der Waals surface area contributed by atoms with Crippen molar-refractivity contribution in [3.05, 3.63) is 101 Å². The van der Waals surface area contributed by atoms with E-state index in [1.807, 2.05) is 17.0 Å². The smallest absolute Gasteiger partial charge is 0.260 e. The Morgan fingerprint density at radius 1 is 0.800 bits per heavy atom. The molecule has 1 aliphatic rings. The summed E-state index contributed by atoms with van der Waals surface area (Å²) in [4.78, 5) is 17.0. The molecule has 0 N–H and O–H groups in total. The van der Waals surface area contributed by atoms with Crippen LogP contribution >= 0.6 is 11.6 Å². The molecule has 0 aromatic heterocycles. The zero-order valence-corrected chi connectivity index (χ0v) is 17.5. The van der Waals surface area contributed by atoms with Crippen molar-refractivity contribution in [1.82, 2.24) is 9.80 Å². The zero-order chi connectivity index (χ0) is 20.8. The number of hydrogen-bond donors (Lipinski definition) is 0. The molecule has 154 valence electrons. The van der Waals surface area contributed by atoms with Gasteiger partial charge in [-0.3, -0.25) is 9.69 Å². The first kappa shape index (κ1) is 20.5. The maximum absolute atomic E-state index is 12.6. The Balaban J connectivity index is 1.38. The van der Waals surface area contributed by atoms with E-state index in [-0.39, 0.29) is 18.6 Å². The van der Waals surface area contributed by atoms with Crippen molar-refractivity contribution < 1.29 is 9.53 Å². The molecular weight excluding hydrogens is 396 g/mol. The molecule has 4 rings (SSSR count). The highest BCUT2D eigenvalue weighted by molar-refractivity contribution is 6.30. The molecule has 1 fully saturated rings. The monoisotopic (exact) mass is 420 g/mol. The number of rotatable bonds is 6. The van der Waals surface area contributed by atoms with Crippen molar-refractivity contribution in [2.24, 2.45) is 0 Å². The second kappa shape index (κ2) is 9.79. The van der Waals surface area contributed by atoms with Gasteiger partial charge in [0.05, 0.1) is 6.04 Å². The quantitative estimate of drug-likeness (QED) is 0.581. The van der Waals surface area contributed by atoms with Crippen LogP contribution in [0.5, 0.6) is 5.75 Å². The van der Waals surface area contributed by atoms with Crippen LogP contribution in [0.15, 0.2) is 84.9 Å². The number of piperazine rings is 1. The van der Waals surface area contributed by atoms with Crippen molar-refractivity contribution in [3.63, 3.8) is 0 Å². The normalized spacial score (nSPS) is 14.7. The third-order valence-electron chi connectivity index (χ3n) is 5.44. The first-order valence-corrected chi connectivity index (χ1v) is 10.6. The van der Waals surface area contributed by atoms with Gasteiger partial charge in [-0.1, -0.05) is 72.3 Å². The number of halogens is 1. The Morgan fingerprint density at radius 3 is 1.87 bits per heavy atom. The number of amides is 1. The highest BCUT2D eigenvalue weighted by Gasteiger charge is 2.28. The number of carbonyl (C=O) groups is 1. The van der Waals surface area contributed by atoms with E-state index >= 15 is 0 Å². The molecule has 30 heavy (non-hydrogen) atoms. The van der Waals surface area contributed by atoms with E-state index in [9.17, 15) is 4.79 Å². The van der Waals surface area contributed by atoms with E-state index in [0.717, 1.165) is 13.1 Å². The van der Waals surface area contributed by atoms with Crippen molar-refractivity contribution >= 4 is 17.5 Å². The molecule has 0 radical (unpaired) electrons. The maximum Gasteiger partial charge on any atom is 0.260 e. The summed E-state index contributed by atoms with van der Waals surface area (Å²) in [5.74, 6) is 0.667. The van der Waals surface area contributed by atoms with E-state index < -0.39 is 0 Å². The number of carbonyl (C=O) groups excluding carboxylic acids is 1. The average Bonchev–Trinajstić information content (AvgIpc) is 2.81. The van der Waals surface area contributed by atoms with Crippen molar-refractivity contribution in [2.45, 2.75) is 6.04 Å². The molecule has 3 aromatic carbocycles. The van der Waals surface area contributed by atoms with E-state index in [1.54, 1.807) is 24.3 Å². The summed E-state index contributed by atoms with van der Waals surface area (Å²) in [6.07, 6.45) is 0. The van der Waals surface area contributed by atoms with Crippen LogP contribution < -0.4 is 4.74 Å². The molecular formula is C25H25ClN2O2. The summed E-state index contributed by atoms with van der Waals surface area (Å²) in [6, 6.07) is 28.4. The number of benzene rings is 3. The second-order valence-corrected chi connectivity index (χ2v) is 7.82. The Bertz CT molecular complexity index is 900. The van der Waals surface area contributed by atoms with E-state index in [4.69, 9.17) is 16.3 Å². The number of ether oxygens (including phenoxy) is 1. The second-order valence-electron chi connectivity index (χ2n) is 7.38. The van der Waals surface area contributed by atoms with Gasteiger partial charge in [0, 0.05) is 31.2 Å². The molecule has 1 heterocycles. The highest BCUT2D eigenvalue weighted by atomic mass is 35.5. The highest BCUT2D eigenvalue weighted by Crippen LogP contribution is 2.29. The summed E-state index contributed by atoms with van der Waals surface area (Å²) in [7, 11) is 0. The van der Waals surface area contributed by atoms with Gasteiger partial charge in [-0.25, -0.2) is 0 Å². The SMILES string of the molecule is O=C(COc1ccc(Cl)cc1)N1CCN(C(c2ccccc2)c2ccccc2)CC1. The maximum atomic E-state index is 12.6. The molecule has 0 aliphatic carbocycles. The van der Waals surface area contributed by atoms with Crippen LogP contribution in [0.4, 0.5) is 0 Å². The van der Waals surface area contributed by atoms with Gasteiger partial charge in [0.2, 0.25) is 0 Å². The fourth-order valence-corrected chi connectivity index (χ4v) is 4.01. The van der Waals surface area contributed by atoms with Crippen LogP contribution in [0.3, 0.4) is 0 Å². The van der Waals surface area contributed by atoms with Gasteiger partial charge in [0.1, 0.15) is 5.75 Å². The van der Waals surface area contributed by atoms with Crippen LogP contribution in [0.25, 0.3) is 0 Å². The van der Waals surface area contributed by atoms with Gasteiger partial charge in [0.15, 0.2) is 6.61 Å². The molecule has 1 amide bonds. The lowest BCUT2D eigenvalue weighted by Gasteiger charge is -2.39. The predicted molar refractivity (Wildman–Crippen MR) is 120 cm³/mol. The zero-order valence-electron chi connectivity index (χ0n) is 16.8. The topological polar surface area (TPSA) is 32.8 Å². The standard InChI is InChI=1S/C25H25ClN2O2/c26-22-11-13-23(14-12-22)30-19-24(29)27-15-17-28(18-16-27)25(20-7-3-1-4-8-20)21-9-5-2-6-10-21/h1-14,25H,15-19H2. The molecule has 3 aromatic rings. The summed E-state index contributed by atoms with van der Waals surface area (Å²) in [5.41, 5.74) is 2.55. The Hall–Kier alpha value is -2.82. The Labute approximate surface area is 182 Å². The summed E-state index contributed by atoms with van der Waals surface area (Å²) >= 11 is 5.89. The lowest BCUT2D eigenvalue weighted by molar-refractivity contribution is -0.135. The van der Waals surface area contributed by atoms with Crippen molar-refractivity contribution in [1.29, 1.82) is 0 Å². The van der Waals surface area contributed by atoms with E-state index in [1.165, 1.54) is 11.1 Å². The third-order valence-corrected chi connectivity index (χ3v) is 5.69. The van der Waals surface area contributed by atoms with Crippen LogP contribution in [0.1, 0.15) is 17.2 Å². The molecule has 5 heteroatoms. The van der Waals surface area contributed by atoms with Gasteiger partial charge in [0.25, 0.3) is 5.91 Å². The van der Waals surface area contributed by atoms with Gasteiger partial charge in [-0.05, 0) is 35.4 Å². The molecule has 0 spiro atoms. The van der Waals surface area contributed by atoms with Crippen molar-refractivity contribution in [2.75, 3.05) is 32.8 Å².